The van der Waals surface area contributed by atoms with Gasteiger partial charge >= 0.3 is 0 Å². The van der Waals surface area contributed by atoms with Gasteiger partial charge in [-0.2, -0.15) is 0 Å². The van der Waals surface area contributed by atoms with Crippen LogP contribution in [0.2, 0.25) is 0 Å². The van der Waals surface area contributed by atoms with Crippen LogP contribution < -0.4 is 20.3 Å². The molecule has 1 aromatic heterocycles. The maximum Gasteiger partial charge on any atom is 0.262 e. The Morgan fingerprint density at radius 1 is 1.09 bits per heavy atom. The number of aryl methyl sites for hydroxylation is 1. The Kier molecular flexibility index (Phi) is 6.73. The molecule has 0 bridgehead atoms. The Bertz CT molecular complexity index is 1110. The molecule has 170 valence electrons. The Balaban J connectivity index is 1.26. The minimum absolute atomic E-state index is 0.112. The van der Waals surface area contributed by atoms with Gasteiger partial charge in [-0.1, -0.05) is 17.7 Å². The molecule has 0 radical (unpaired) electrons. The van der Waals surface area contributed by atoms with E-state index in [1.807, 2.05) is 31.2 Å². The van der Waals surface area contributed by atoms with Crippen molar-refractivity contribution in [2.24, 2.45) is 5.92 Å². The van der Waals surface area contributed by atoms with Crippen LogP contribution in [0.4, 0.5) is 11.4 Å². The van der Waals surface area contributed by atoms with Crippen LogP contribution in [0.1, 0.15) is 17.7 Å². The smallest absolute Gasteiger partial charge is 0.262 e. The fourth-order valence-electron chi connectivity index (χ4n) is 3.57. The first-order valence-corrected chi connectivity index (χ1v) is 10.7. The fraction of sp³-hybridized carbons (Fsp3) is 0.240. The van der Waals surface area contributed by atoms with Crippen molar-refractivity contribution in [3.8, 4) is 5.75 Å². The third-order valence-corrected chi connectivity index (χ3v) is 5.37. The van der Waals surface area contributed by atoms with Gasteiger partial charge in [0.05, 0.1) is 18.7 Å². The topological polar surface area (TPSA) is 101 Å². The molecule has 8 heteroatoms. The maximum atomic E-state index is 12.5. The standard InChI is InChI=1S/C25H25N3O5/c1-17-4-6-19(7-5-17)27-23(29)16-33-21-10-8-20(9-11-21)28-15-18(13-24(28)30)25(31)26-14-22-3-2-12-32-22/h2-12,18H,13-16H2,1H3,(H,26,31)(H,27,29)/t18-/m1/s1. The van der Waals surface area contributed by atoms with Crippen molar-refractivity contribution >= 4 is 29.1 Å². The molecule has 2 aromatic carbocycles. The lowest BCUT2D eigenvalue weighted by molar-refractivity contribution is -0.126. The third kappa shape index (κ3) is 5.79. The van der Waals surface area contributed by atoms with Gasteiger partial charge in [0.15, 0.2) is 6.61 Å². The van der Waals surface area contributed by atoms with Crippen LogP contribution in [-0.2, 0) is 20.9 Å². The number of nitrogens with zero attached hydrogens (tertiary/aromatic N) is 1. The van der Waals surface area contributed by atoms with Gasteiger partial charge in [-0.3, -0.25) is 14.4 Å². The van der Waals surface area contributed by atoms with E-state index in [2.05, 4.69) is 10.6 Å². The molecule has 1 aliphatic heterocycles. The van der Waals surface area contributed by atoms with E-state index in [9.17, 15) is 14.4 Å². The molecule has 0 spiro atoms. The number of anilines is 2. The zero-order valence-electron chi connectivity index (χ0n) is 18.2. The summed E-state index contributed by atoms with van der Waals surface area (Å²) in [6.45, 7) is 2.45. The van der Waals surface area contributed by atoms with E-state index in [1.165, 1.54) is 0 Å². The van der Waals surface area contributed by atoms with Crippen molar-refractivity contribution in [1.29, 1.82) is 0 Å². The SMILES string of the molecule is Cc1ccc(NC(=O)COc2ccc(N3C[C@H](C(=O)NCc4ccco4)CC3=O)cc2)cc1. The number of hydrogen-bond donors (Lipinski definition) is 2. The van der Waals surface area contributed by atoms with E-state index in [0.29, 0.717) is 36.0 Å². The largest absolute Gasteiger partial charge is 0.484 e. The van der Waals surface area contributed by atoms with E-state index in [-0.39, 0.29) is 30.7 Å². The molecule has 1 saturated heterocycles. The highest BCUT2D eigenvalue weighted by atomic mass is 16.5. The van der Waals surface area contributed by atoms with Gasteiger partial charge in [0.25, 0.3) is 5.91 Å². The molecule has 3 aromatic rings. The first-order chi connectivity index (χ1) is 16.0. The van der Waals surface area contributed by atoms with Gasteiger partial charge in [0.1, 0.15) is 11.5 Å². The second-order valence-electron chi connectivity index (χ2n) is 7.90. The molecular weight excluding hydrogens is 422 g/mol. The van der Waals surface area contributed by atoms with Crippen LogP contribution in [0, 0.1) is 12.8 Å². The maximum absolute atomic E-state index is 12.5. The molecule has 3 amide bonds. The van der Waals surface area contributed by atoms with Gasteiger partial charge in [-0.05, 0) is 55.5 Å². The Hall–Kier alpha value is -4.07. The number of furan rings is 1. The predicted octanol–water partition coefficient (Wildman–Crippen LogP) is 3.27. The zero-order valence-corrected chi connectivity index (χ0v) is 18.2. The number of hydrogen-bond acceptors (Lipinski definition) is 5. The van der Waals surface area contributed by atoms with Gasteiger partial charge in [-0.15, -0.1) is 0 Å². The van der Waals surface area contributed by atoms with E-state index >= 15 is 0 Å². The number of ether oxygens (including phenoxy) is 1. The Labute approximate surface area is 191 Å². The molecule has 1 atom stereocenters. The summed E-state index contributed by atoms with van der Waals surface area (Å²) in [6, 6.07) is 17.9. The minimum Gasteiger partial charge on any atom is -0.484 e. The summed E-state index contributed by atoms with van der Waals surface area (Å²) in [5.74, 6) is 0.195. The van der Waals surface area contributed by atoms with Crippen molar-refractivity contribution in [2.45, 2.75) is 19.9 Å². The number of nitrogens with one attached hydrogen (secondary N) is 2. The average Bonchev–Trinajstić information content (AvgIpc) is 3.48. The van der Waals surface area contributed by atoms with Crippen LogP contribution in [-0.4, -0.2) is 30.9 Å². The molecular formula is C25H25N3O5. The van der Waals surface area contributed by atoms with Crippen molar-refractivity contribution in [1.82, 2.24) is 5.32 Å². The summed E-state index contributed by atoms with van der Waals surface area (Å²) < 4.78 is 10.8. The number of benzene rings is 2. The van der Waals surface area contributed by atoms with Crippen LogP contribution in [0.15, 0.2) is 71.3 Å². The fourth-order valence-corrected chi connectivity index (χ4v) is 3.57. The normalized spacial score (nSPS) is 15.4. The highest BCUT2D eigenvalue weighted by molar-refractivity contribution is 6.00. The van der Waals surface area contributed by atoms with Crippen molar-refractivity contribution < 1.29 is 23.5 Å². The van der Waals surface area contributed by atoms with E-state index < -0.39 is 5.92 Å². The molecule has 0 aliphatic carbocycles. The average molecular weight is 447 g/mol. The molecule has 1 aliphatic rings. The predicted molar refractivity (Wildman–Crippen MR) is 123 cm³/mol. The van der Waals surface area contributed by atoms with Gasteiger partial charge in [0, 0.05) is 24.3 Å². The van der Waals surface area contributed by atoms with Crippen LogP contribution in [0.5, 0.6) is 5.75 Å². The van der Waals surface area contributed by atoms with E-state index in [4.69, 9.17) is 9.15 Å². The first-order valence-electron chi connectivity index (χ1n) is 10.7. The van der Waals surface area contributed by atoms with Crippen molar-refractivity contribution in [2.75, 3.05) is 23.4 Å². The molecule has 0 saturated carbocycles. The third-order valence-electron chi connectivity index (χ3n) is 5.37. The molecule has 2 heterocycles. The quantitative estimate of drug-likeness (QED) is 0.552. The van der Waals surface area contributed by atoms with Crippen molar-refractivity contribution in [3.05, 3.63) is 78.3 Å². The lowest BCUT2D eigenvalue weighted by Crippen LogP contribution is -2.32. The number of carbonyl (C=O) groups excluding carboxylic acids is 3. The second kappa shape index (κ2) is 10.0. The zero-order chi connectivity index (χ0) is 23.2. The number of carbonyl (C=O) groups is 3. The summed E-state index contributed by atoms with van der Waals surface area (Å²) in [4.78, 5) is 38.6. The van der Waals surface area contributed by atoms with Crippen LogP contribution in [0.3, 0.4) is 0 Å². The summed E-state index contributed by atoms with van der Waals surface area (Å²) in [5.41, 5.74) is 2.50. The van der Waals surface area contributed by atoms with E-state index in [0.717, 1.165) is 5.56 Å². The second-order valence-corrected chi connectivity index (χ2v) is 7.90. The minimum atomic E-state index is -0.422. The molecule has 33 heavy (non-hydrogen) atoms. The van der Waals surface area contributed by atoms with Crippen molar-refractivity contribution in [3.63, 3.8) is 0 Å². The molecule has 0 unspecified atom stereocenters. The van der Waals surface area contributed by atoms with Crippen LogP contribution in [0.25, 0.3) is 0 Å². The lowest BCUT2D eigenvalue weighted by atomic mass is 10.1. The number of rotatable bonds is 8. The monoisotopic (exact) mass is 447 g/mol. The Morgan fingerprint density at radius 3 is 2.55 bits per heavy atom. The summed E-state index contributed by atoms with van der Waals surface area (Å²) in [5, 5.41) is 5.58. The summed E-state index contributed by atoms with van der Waals surface area (Å²) >= 11 is 0. The van der Waals surface area contributed by atoms with Gasteiger partial charge in [0.2, 0.25) is 11.8 Å². The van der Waals surface area contributed by atoms with Gasteiger partial charge < -0.3 is 24.7 Å². The first kappa shape index (κ1) is 22.1. The molecule has 8 nitrogen and oxygen atoms in total. The summed E-state index contributed by atoms with van der Waals surface area (Å²) in [7, 11) is 0. The molecule has 2 N–H and O–H groups in total. The molecule has 4 rings (SSSR count). The van der Waals surface area contributed by atoms with Gasteiger partial charge in [-0.25, -0.2) is 0 Å². The Morgan fingerprint density at radius 2 is 1.85 bits per heavy atom. The van der Waals surface area contributed by atoms with Crippen LogP contribution >= 0.6 is 0 Å². The van der Waals surface area contributed by atoms with E-state index in [1.54, 1.807) is 47.6 Å². The lowest BCUT2D eigenvalue weighted by Gasteiger charge is -2.17. The summed E-state index contributed by atoms with van der Waals surface area (Å²) in [6.07, 6.45) is 1.70. The highest BCUT2D eigenvalue weighted by Crippen LogP contribution is 2.27. The highest BCUT2D eigenvalue weighted by Gasteiger charge is 2.35. The molecule has 1 fully saturated rings. The number of amides is 3.